The normalized spacial score (nSPS) is 21.6. The number of halogens is 2. The van der Waals surface area contributed by atoms with Gasteiger partial charge < -0.3 is 15.4 Å². The maximum Gasteiger partial charge on any atom is 0.407 e. The van der Waals surface area contributed by atoms with Gasteiger partial charge in [-0.15, -0.1) is 0 Å². The molecule has 0 bridgehead atoms. The van der Waals surface area contributed by atoms with Crippen LogP contribution in [-0.2, 0) is 4.74 Å². The third kappa shape index (κ3) is 5.90. The molecule has 2 N–H and O–H groups in total. The van der Waals surface area contributed by atoms with E-state index in [4.69, 9.17) is 16.3 Å². The number of hydrogen-bond donors (Lipinski definition) is 2. The molecule has 1 aliphatic carbocycles. The van der Waals surface area contributed by atoms with Crippen molar-refractivity contribution in [2.45, 2.75) is 64.1 Å². The second-order valence-electron chi connectivity index (χ2n) is 6.98. The zero-order valence-electron chi connectivity index (χ0n) is 13.8. The van der Waals surface area contributed by atoms with Gasteiger partial charge in [-0.05, 0) is 64.7 Å². The molecule has 1 aliphatic rings. The van der Waals surface area contributed by atoms with Crippen molar-refractivity contribution in [2.24, 2.45) is 0 Å². The molecule has 0 heterocycles. The zero-order valence-corrected chi connectivity index (χ0v) is 14.5. The third-order valence-corrected chi connectivity index (χ3v) is 4.01. The number of carbonyl (C=O) groups excluding carboxylic acids is 1. The number of rotatable bonds is 3. The average Bonchev–Trinajstić information content (AvgIpc) is 2.41. The SMILES string of the molecule is CC(C)(C)OC(=O)NC1CCCC(Nc2cc(F)ccc2Cl)C1. The topological polar surface area (TPSA) is 50.4 Å². The van der Waals surface area contributed by atoms with Crippen molar-refractivity contribution in [3.8, 4) is 0 Å². The van der Waals surface area contributed by atoms with E-state index in [0.717, 1.165) is 25.7 Å². The fourth-order valence-corrected chi connectivity index (χ4v) is 2.93. The number of carbonyl (C=O) groups is 1. The monoisotopic (exact) mass is 342 g/mol. The van der Waals surface area contributed by atoms with E-state index in [1.807, 2.05) is 20.8 Å². The van der Waals surface area contributed by atoms with Gasteiger partial charge in [0, 0.05) is 12.1 Å². The van der Waals surface area contributed by atoms with Crippen LogP contribution in [0, 0.1) is 5.82 Å². The fourth-order valence-electron chi connectivity index (χ4n) is 2.75. The Balaban J connectivity index is 1.90. The summed E-state index contributed by atoms with van der Waals surface area (Å²) in [4.78, 5) is 11.9. The van der Waals surface area contributed by atoms with Gasteiger partial charge >= 0.3 is 6.09 Å². The Labute approximate surface area is 141 Å². The zero-order chi connectivity index (χ0) is 17.0. The van der Waals surface area contributed by atoms with Crippen molar-refractivity contribution in [3.05, 3.63) is 29.0 Å². The Kier molecular flexibility index (Phi) is 5.74. The molecule has 2 atom stereocenters. The molecule has 2 rings (SSSR count). The Bertz CT molecular complexity index is 560. The summed E-state index contributed by atoms with van der Waals surface area (Å²) in [5.41, 5.74) is 0.0838. The first kappa shape index (κ1) is 17.9. The van der Waals surface area contributed by atoms with Crippen molar-refractivity contribution >= 4 is 23.4 Å². The molecular weight excluding hydrogens is 319 g/mol. The quantitative estimate of drug-likeness (QED) is 0.835. The summed E-state index contributed by atoms with van der Waals surface area (Å²) in [6, 6.07) is 4.46. The summed E-state index contributed by atoms with van der Waals surface area (Å²) in [6.07, 6.45) is 3.21. The predicted octanol–water partition coefficient (Wildman–Crippen LogP) is 4.73. The molecule has 128 valence electrons. The molecule has 2 unspecified atom stereocenters. The average molecular weight is 343 g/mol. The third-order valence-electron chi connectivity index (χ3n) is 3.68. The molecule has 6 heteroatoms. The fraction of sp³-hybridized carbons (Fsp3) is 0.588. The van der Waals surface area contributed by atoms with Crippen molar-refractivity contribution < 1.29 is 13.9 Å². The van der Waals surface area contributed by atoms with Crippen molar-refractivity contribution in [2.75, 3.05) is 5.32 Å². The highest BCUT2D eigenvalue weighted by Gasteiger charge is 2.25. The number of amides is 1. The minimum absolute atomic E-state index is 0.0448. The molecule has 4 nitrogen and oxygen atoms in total. The van der Waals surface area contributed by atoms with Gasteiger partial charge in [-0.1, -0.05) is 11.6 Å². The Morgan fingerprint density at radius 3 is 2.70 bits per heavy atom. The number of benzene rings is 1. The molecule has 1 amide bonds. The van der Waals surface area contributed by atoms with Crippen LogP contribution < -0.4 is 10.6 Å². The molecule has 0 spiro atoms. The smallest absolute Gasteiger partial charge is 0.407 e. The molecule has 0 aromatic heterocycles. The number of anilines is 1. The first-order chi connectivity index (χ1) is 10.7. The minimum atomic E-state index is -0.508. The Morgan fingerprint density at radius 1 is 1.30 bits per heavy atom. The number of ether oxygens (including phenoxy) is 1. The second kappa shape index (κ2) is 7.39. The highest BCUT2D eigenvalue weighted by Crippen LogP contribution is 2.27. The molecule has 1 aromatic carbocycles. The highest BCUT2D eigenvalue weighted by molar-refractivity contribution is 6.33. The first-order valence-electron chi connectivity index (χ1n) is 7.94. The maximum absolute atomic E-state index is 13.3. The number of hydrogen-bond acceptors (Lipinski definition) is 3. The number of nitrogens with one attached hydrogen (secondary N) is 2. The lowest BCUT2D eigenvalue weighted by Crippen LogP contribution is -2.43. The van der Waals surface area contributed by atoms with E-state index in [9.17, 15) is 9.18 Å². The van der Waals surface area contributed by atoms with Gasteiger partial charge in [-0.3, -0.25) is 0 Å². The van der Waals surface area contributed by atoms with Crippen LogP contribution in [-0.4, -0.2) is 23.8 Å². The lowest BCUT2D eigenvalue weighted by molar-refractivity contribution is 0.0492. The van der Waals surface area contributed by atoms with E-state index in [2.05, 4.69) is 10.6 Å². The van der Waals surface area contributed by atoms with Gasteiger partial charge in [0.2, 0.25) is 0 Å². The summed E-state index contributed by atoms with van der Waals surface area (Å²) in [7, 11) is 0. The van der Waals surface area contributed by atoms with Crippen LogP contribution in [0.2, 0.25) is 5.02 Å². The molecule has 0 aliphatic heterocycles. The summed E-state index contributed by atoms with van der Waals surface area (Å²) in [6.45, 7) is 5.51. The van der Waals surface area contributed by atoms with Crippen LogP contribution in [0.5, 0.6) is 0 Å². The van der Waals surface area contributed by atoms with Crippen LogP contribution in [0.15, 0.2) is 18.2 Å². The molecule has 0 saturated heterocycles. The molecule has 1 aromatic rings. The molecule has 1 fully saturated rings. The Morgan fingerprint density at radius 2 is 2.00 bits per heavy atom. The van der Waals surface area contributed by atoms with Gasteiger partial charge in [0.15, 0.2) is 0 Å². The number of alkyl carbamates (subject to hydrolysis) is 1. The van der Waals surface area contributed by atoms with Crippen LogP contribution in [0.3, 0.4) is 0 Å². The minimum Gasteiger partial charge on any atom is -0.444 e. The lowest BCUT2D eigenvalue weighted by Gasteiger charge is -2.31. The lowest BCUT2D eigenvalue weighted by atomic mass is 9.91. The molecule has 23 heavy (non-hydrogen) atoms. The van der Waals surface area contributed by atoms with Crippen molar-refractivity contribution in [1.82, 2.24) is 5.32 Å². The van der Waals surface area contributed by atoms with Gasteiger partial charge in [0.05, 0.1) is 10.7 Å². The maximum atomic E-state index is 13.3. The van der Waals surface area contributed by atoms with E-state index in [0.29, 0.717) is 10.7 Å². The summed E-state index contributed by atoms with van der Waals surface area (Å²) in [5.74, 6) is -0.323. The van der Waals surface area contributed by atoms with Gasteiger partial charge in [0.1, 0.15) is 11.4 Å². The van der Waals surface area contributed by atoms with E-state index in [-0.39, 0.29) is 17.9 Å². The molecule has 0 radical (unpaired) electrons. The standard InChI is InChI=1S/C17H24ClFN2O2/c1-17(2,3)23-16(22)21-13-6-4-5-12(10-13)20-15-9-11(19)7-8-14(15)18/h7-9,12-13,20H,4-6,10H2,1-3H3,(H,21,22). The first-order valence-corrected chi connectivity index (χ1v) is 8.32. The summed E-state index contributed by atoms with van der Waals surface area (Å²) >= 11 is 6.09. The largest absolute Gasteiger partial charge is 0.444 e. The van der Waals surface area contributed by atoms with Crippen LogP contribution in [0.4, 0.5) is 14.9 Å². The summed E-state index contributed by atoms with van der Waals surface area (Å²) in [5, 5.41) is 6.68. The van der Waals surface area contributed by atoms with E-state index >= 15 is 0 Å². The van der Waals surface area contributed by atoms with Crippen LogP contribution in [0.1, 0.15) is 46.5 Å². The van der Waals surface area contributed by atoms with E-state index in [1.54, 1.807) is 6.07 Å². The van der Waals surface area contributed by atoms with Crippen molar-refractivity contribution in [1.29, 1.82) is 0 Å². The van der Waals surface area contributed by atoms with E-state index < -0.39 is 11.7 Å². The van der Waals surface area contributed by atoms with E-state index in [1.165, 1.54) is 12.1 Å². The Hall–Kier alpha value is -1.49. The highest BCUT2D eigenvalue weighted by atomic mass is 35.5. The van der Waals surface area contributed by atoms with Gasteiger partial charge in [-0.25, -0.2) is 9.18 Å². The van der Waals surface area contributed by atoms with Crippen LogP contribution >= 0.6 is 11.6 Å². The summed E-state index contributed by atoms with van der Waals surface area (Å²) < 4.78 is 18.6. The van der Waals surface area contributed by atoms with Crippen LogP contribution in [0.25, 0.3) is 0 Å². The molecule has 1 saturated carbocycles. The van der Waals surface area contributed by atoms with Gasteiger partial charge in [0.25, 0.3) is 0 Å². The second-order valence-corrected chi connectivity index (χ2v) is 7.38. The molecular formula is C17H24ClFN2O2. The predicted molar refractivity (Wildman–Crippen MR) is 90.4 cm³/mol. The van der Waals surface area contributed by atoms with Gasteiger partial charge in [-0.2, -0.15) is 0 Å². The van der Waals surface area contributed by atoms with Crippen molar-refractivity contribution in [3.63, 3.8) is 0 Å².